The molecule has 1 heteroatoms. The van der Waals surface area contributed by atoms with E-state index < -0.39 is 0 Å². The highest BCUT2D eigenvalue weighted by Gasteiger charge is 2.16. The number of carbonyl (C=O) groups is 1. The van der Waals surface area contributed by atoms with Crippen LogP contribution >= 0.6 is 0 Å². The Hall–Kier alpha value is -2.93. The average Bonchev–Trinajstić information content (AvgIpc) is 2.83. The van der Waals surface area contributed by atoms with E-state index >= 15 is 0 Å². The van der Waals surface area contributed by atoms with Gasteiger partial charge in [-0.3, -0.25) is 4.79 Å². The van der Waals surface area contributed by atoms with Crippen molar-refractivity contribution < 1.29 is 4.79 Å². The van der Waals surface area contributed by atoms with Crippen LogP contribution in [0.2, 0.25) is 0 Å². The maximum Gasteiger partial charge on any atom is 0.167 e. The van der Waals surface area contributed by atoms with E-state index in [1.54, 1.807) is 0 Å². The summed E-state index contributed by atoms with van der Waals surface area (Å²) >= 11 is 0. The summed E-state index contributed by atoms with van der Waals surface area (Å²) in [6.07, 6.45) is 4.74. The third-order valence-corrected chi connectivity index (χ3v) is 4.81. The van der Waals surface area contributed by atoms with Crippen molar-refractivity contribution in [2.24, 2.45) is 0 Å². The molecule has 2 aliphatic carbocycles. The van der Waals surface area contributed by atoms with Crippen molar-refractivity contribution in [1.82, 2.24) is 0 Å². The molecule has 3 aromatic carbocycles. The van der Waals surface area contributed by atoms with E-state index in [2.05, 4.69) is 60.7 Å². The molecule has 0 unspecified atom stereocenters. The molecule has 108 valence electrons. The molecule has 0 spiro atoms. The van der Waals surface area contributed by atoms with E-state index in [-0.39, 0.29) is 5.78 Å². The molecule has 0 heterocycles. The Labute approximate surface area is 133 Å². The largest absolute Gasteiger partial charge is 0.294 e. The summed E-state index contributed by atoms with van der Waals surface area (Å²) in [5.41, 5.74) is 4.49. The fraction of sp³-hybridized carbons (Fsp3) is 0.0455. The predicted octanol–water partition coefficient (Wildman–Crippen LogP) is 3.15. The Morgan fingerprint density at radius 1 is 0.652 bits per heavy atom. The lowest BCUT2D eigenvalue weighted by Gasteiger charge is -2.06. The zero-order valence-corrected chi connectivity index (χ0v) is 12.5. The first-order chi connectivity index (χ1) is 11.3. The van der Waals surface area contributed by atoms with Crippen LogP contribution in [-0.2, 0) is 0 Å². The van der Waals surface area contributed by atoms with Crippen molar-refractivity contribution in [1.29, 1.82) is 0 Å². The van der Waals surface area contributed by atoms with Gasteiger partial charge in [0.1, 0.15) is 0 Å². The zero-order valence-electron chi connectivity index (χ0n) is 12.5. The van der Waals surface area contributed by atoms with Crippen molar-refractivity contribution in [3.63, 3.8) is 0 Å². The average molecular weight is 294 g/mol. The van der Waals surface area contributed by atoms with Gasteiger partial charge >= 0.3 is 0 Å². The molecule has 0 fully saturated rings. The Morgan fingerprint density at radius 3 is 2.26 bits per heavy atom. The summed E-state index contributed by atoms with van der Waals surface area (Å²) in [5, 5.41) is 4.58. The van der Waals surface area contributed by atoms with Gasteiger partial charge in [0.2, 0.25) is 0 Å². The summed E-state index contributed by atoms with van der Waals surface area (Å²) in [4.78, 5) is 12.6. The van der Waals surface area contributed by atoms with Crippen molar-refractivity contribution in [2.75, 3.05) is 0 Å². The second kappa shape index (κ2) is 4.53. The van der Waals surface area contributed by atoms with Crippen LogP contribution in [0.25, 0.3) is 23.3 Å². The third kappa shape index (κ3) is 1.71. The van der Waals surface area contributed by atoms with Crippen LogP contribution in [0, 0.1) is 10.4 Å². The van der Waals surface area contributed by atoms with Gasteiger partial charge in [0.25, 0.3) is 0 Å². The minimum atomic E-state index is 0.198. The molecule has 0 saturated heterocycles. The number of hydrogen-bond donors (Lipinski definition) is 0. The minimum absolute atomic E-state index is 0.198. The molecule has 0 radical (unpaired) electrons. The van der Waals surface area contributed by atoms with E-state index in [9.17, 15) is 4.79 Å². The third-order valence-electron chi connectivity index (χ3n) is 4.81. The molecule has 0 saturated carbocycles. The predicted molar refractivity (Wildman–Crippen MR) is 92.2 cm³/mol. The molecule has 0 amide bonds. The van der Waals surface area contributed by atoms with Gasteiger partial charge in [-0.25, -0.2) is 0 Å². The van der Waals surface area contributed by atoms with Gasteiger partial charge in [0.15, 0.2) is 5.78 Å². The highest BCUT2D eigenvalue weighted by atomic mass is 16.1. The molecule has 0 N–H and O–H groups in total. The molecule has 3 aromatic rings. The fourth-order valence-electron chi connectivity index (χ4n) is 3.79. The monoisotopic (exact) mass is 294 g/mol. The lowest BCUT2D eigenvalue weighted by Crippen LogP contribution is -2.11. The second-order valence-corrected chi connectivity index (χ2v) is 6.10. The summed E-state index contributed by atoms with van der Waals surface area (Å²) in [6, 6.07) is 20.9. The first-order valence-corrected chi connectivity index (χ1v) is 7.90. The quantitative estimate of drug-likeness (QED) is 0.487. The Bertz CT molecular complexity index is 1200. The highest BCUT2D eigenvalue weighted by Crippen LogP contribution is 2.27. The topological polar surface area (TPSA) is 17.1 Å². The van der Waals surface area contributed by atoms with Crippen molar-refractivity contribution in [2.45, 2.75) is 6.42 Å². The number of benzene rings is 3. The van der Waals surface area contributed by atoms with Gasteiger partial charge in [-0.1, -0.05) is 66.7 Å². The first kappa shape index (κ1) is 12.6. The molecular weight excluding hydrogens is 280 g/mol. The van der Waals surface area contributed by atoms with Crippen LogP contribution in [0.5, 0.6) is 0 Å². The maximum atomic E-state index is 12.6. The summed E-state index contributed by atoms with van der Waals surface area (Å²) in [5.74, 6) is 0.198. The van der Waals surface area contributed by atoms with Crippen LogP contribution in [0.3, 0.4) is 0 Å². The first-order valence-electron chi connectivity index (χ1n) is 7.90. The Morgan fingerprint density at radius 2 is 1.35 bits per heavy atom. The number of Topliss-reactive ketones (excluding diaryl/α,β-unsaturated/α-hetero) is 1. The van der Waals surface area contributed by atoms with Crippen LogP contribution < -0.4 is 10.4 Å². The maximum absolute atomic E-state index is 12.6. The summed E-state index contributed by atoms with van der Waals surface area (Å²) in [6.45, 7) is 0. The summed E-state index contributed by atoms with van der Waals surface area (Å²) < 4.78 is 0. The normalized spacial score (nSPS) is 13.8. The molecule has 5 rings (SSSR count). The molecule has 2 aliphatic rings. The van der Waals surface area contributed by atoms with Gasteiger partial charge < -0.3 is 0 Å². The van der Waals surface area contributed by atoms with Crippen molar-refractivity contribution >= 4 is 17.9 Å². The van der Waals surface area contributed by atoms with Crippen LogP contribution in [0.4, 0.5) is 0 Å². The molecule has 1 nitrogen and oxygen atoms in total. The molecular formula is C22H14O. The van der Waals surface area contributed by atoms with E-state index in [0.717, 1.165) is 21.2 Å². The smallest absolute Gasteiger partial charge is 0.167 e. The van der Waals surface area contributed by atoms with Gasteiger partial charge in [0, 0.05) is 17.2 Å². The Kier molecular flexibility index (Phi) is 2.48. The number of fused-ring (bicyclic) bond motifs is 2. The minimum Gasteiger partial charge on any atom is -0.294 e. The fourth-order valence-corrected chi connectivity index (χ4v) is 3.79. The van der Waals surface area contributed by atoms with Gasteiger partial charge in [-0.05, 0) is 38.4 Å². The molecule has 0 aliphatic heterocycles. The van der Waals surface area contributed by atoms with Crippen molar-refractivity contribution in [3.8, 4) is 11.1 Å². The SMILES string of the molecule is O=C1CC=c2cccc3c2=c2c1cccc2=Cc1ccccc1-3. The van der Waals surface area contributed by atoms with Crippen LogP contribution in [-0.4, -0.2) is 5.78 Å². The standard InChI is InChI=1S/C22H14O/c23-20-12-11-14-6-3-9-18-17-8-2-1-5-15(17)13-16-7-4-10-19(20)22(16)21(14)18/h1-11,13H,12H2. The number of rotatable bonds is 0. The zero-order chi connectivity index (χ0) is 15.4. The lowest BCUT2D eigenvalue weighted by atomic mass is 9.97. The number of ketones is 1. The number of hydrogen-bond acceptors (Lipinski definition) is 1. The Balaban J connectivity index is 2.24. The van der Waals surface area contributed by atoms with E-state index in [0.29, 0.717) is 6.42 Å². The van der Waals surface area contributed by atoms with Crippen LogP contribution in [0.15, 0.2) is 60.7 Å². The lowest BCUT2D eigenvalue weighted by molar-refractivity contribution is 0.0999. The second-order valence-electron chi connectivity index (χ2n) is 6.10. The van der Waals surface area contributed by atoms with E-state index in [4.69, 9.17) is 0 Å². The van der Waals surface area contributed by atoms with Crippen molar-refractivity contribution in [3.05, 3.63) is 92.7 Å². The molecule has 0 atom stereocenters. The molecule has 0 aromatic heterocycles. The van der Waals surface area contributed by atoms with E-state index in [1.165, 1.54) is 21.9 Å². The van der Waals surface area contributed by atoms with Gasteiger partial charge in [-0.2, -0.15) is 0 Å². The molecule has 23 heavy (non-hydrogen) atoms. The number of carbonyl (C=O) groups excluding carboxylic acids is 1. The van der Waals surface area contributed by atoms with Crippen LogP contribution in [0.1, 0.15) is 22.3 Å². The van der Waals surface area contributed by atoms with E-state index in [1.807, 2.05) is 12.1 Å². The summed E-state index contributed by atoms with van der Waals surface area (Å²) in [7, 11) is 0. The van der Waals surface area contributed by atoms with Gasteiger partial charge in [-0.15, -0.1) is 0 Å². The highest BCUT2D eigenvalue weighted by molar-refractivity contribution is 6.00. The van der Waals surface area contributed by atoms with Gasteiger partial charge in [0.05, 0.1) is 0 Å². The molecule has 0 bridgehead atoms.